The van der Waals surface area contributed by atoms with Crippen molar-refractivity contribution >= 4 is 0 Å². The number of rotatable bonds is 3. The van der Waals surface area contributed by atoms with Crippen molar-refractivity contribution in [1.29, 1.82) is 0 Å². The predicted molar refractivity (Wildman–Crippen MR) is 76.7 cm³/mol. The predicted octanol–water partition coefficient (Wildman–Crippen LogP) is 3.03. The van der Waals surface area contributed by atoms with E-state index in [4.69, 9.17) is 0 Å². The highest BCUT2D eigenvalue weighted by Gasteiger charge is 2.36. The lowest BCUT2D eigenvalue weighted by Crippen LogP contribution is -2.50. The van der Waals surface area contributed by atoms with E-state index in [9.17, 15) is 0 Å². The molecule has 1 heterocycles. The van der Waals surface area contributed by atoms with Gasteiger partial charge in [0.25, 0.3) is 0 Å². The highest BCUT2D eigenvalue weighted by Crippen LogP contribution is 2.37. The molecule has 0 spiro atoms. The van der Waals surface area contributed by atoms with Crippen LogP contribution in [-0.4, -0.2) is 37.1 Å². The molecular formula is C16H30N2. The van der Waals surface area contributed by atoms with Gasteiger partial charge in [0.1, 0.15) is 0 Å². The molecule has 2 saturated carbocycles. The van der Waals surface area contributed by atoms with Crippen LogP contribution in [0.15, 0.2) is 0 Å². The molecule has 1 saturated heterocycles. The van der Waals surface area contributed by atoms with Gasteiger partial charge in [-0.3, -0.25) is 4.90 Å². The van der Waals surface area contributed by atoms with E-state index in [1.54, 1.807) is 0 Å². The van der Waals surface area contributed by atoms with E-state index < -0.39 is 0 Å². The molecule has 4 atom stereocenters. The van der Waals surface area contributed by atoms with Gasteiger partial charge in [-0.15, -0.1) is 0 Å². The number of nitrogens with one attached hydrogen (secondary N) is 1. The number of piperidine rings is 1. The topological polar surface area (TPSA) is 15.3 Å². The lowest BCUT2D eigenvalue weighted by atomic mass is 9.78. The number of likely N-dealkylation sites (tertiary alicyclic amines) is 1. The van der Waals surface area contributed by atoms with Crippen molar-refractivity contribution in [1.82, 2.24) is 10.2 Å². The number of hydrogen-bond donors (Lipinski definition) is 1. The van der Waals surface area contributed by atoms with Crippen molar-refractivity contribution in [2.45, 2.75) is 69.9 Å². The van der Waals surface area contributed by atoms with Crippen LogP contribution in [0.25, 0.3) is 0 Å². The molecule has 3 fully saturated rings. The Labute approximate surface area is 113 Å². The number of nitrogens with zero attached hydrogens (tertiary/aromatic N) is 1. The summed E-state index contributed by atoms with van der Waals surface area (Å²) in [6, 6.07) is 1.75. The van der Waals surface area contributed by atoms with Crippen LogP contribution in [-0.2, 0) is 0 Å². The van der Waals surface area contributed by atoms with Crippen molar-refractivity contribution in [3.63, 3.8) is 0 Å². The van der Waals surface area contributed by atoms with Gasteiger partial charge in [0, 0.05) is 18.6 Å². The molecule has 2 heteroatoms. The Morgan fingerprint density at radius 1 is 0.944 bits per heavy atom. The lowest BCUT2D eigenvalue weighted by molar-refractivity contribution is 0.0457. The third-order valence-electron chi connectivity index (χ3n) is 5.86. The molecule has 0 aromatic rings. The molecule has 1 aliphatic heterocycles. The molecular weight excluding hydrogens is 220 g/mol. The molecule has 0 aromatic heterocycles. The Morgan fingerprint density at radius 2 is 1.78 bits per heavy atom. The Balaban J connectivity index is 1.60. The SMILES string of the molecule is CNC1CCCC1CN1CCC[C@H]2CCCC[C@H]21. The molecule has 1 N–H and O–H groups in total. The third kappa shape index (κ3) is 2.60. The van der Waals surface area contributed by atoms with Gasteiger partial charge >= 0.3 is 0 Å². The zero-order chi connectivity index (χ0) is 12.4. The summed E-state index contributed by atoms with van der Waals surface area (Å²) in [7, 11) is 2.16. The quantitative estimate of drug-likeness (QED) is 0.828. The maximum Gasteiger partial charge on any atom is 0.0124 e. The molecule has 0 bridgehead atoms. The van der Waals surface area contributed by atoms with Crippen molar-refractivity contribution in [2.75, 3.05) is 20.1 Å². The van der Waals surface area contributed by atoms with Gasteiger partial charge in [-0.1, -0.05) is 19.3 Å². The first-order valence-electron chi connectivity index (χ1n) is 8.30. The molecule has 0 aromatic carbocycles. The Kier molecular flexibility index (Phi) is 4.25. The molecule has 3 aliphatic rings. The van der Waals surface area contributed by atoms with E-state index in [2.05, 4.69) is 17.3 Å². The fourth-order valence-corrected chi connectivity index (χ4v) is 4.89. The van der Waals surface area contributed by atoms with Crippen LogP contribution >= 0.6 is 0 Å². The second-order valence-corrected chi connectivity index (χ2v) is 6.84. The van der Waals surface area contributed by atoms with Crippen LogP contribution in [0.1, 0.15) is 57.8 Å². The van der Waals surface area contributed by atoms with Crippen LogP contribution in [0.3, 0.4) is 0 Å². The van der Waals surface area contributed by atoms with Crippen molar-refractivity contribution < 1.29 is 0 Å². The average Bonchev–Trinajstić information content (AvgIpc) is 2.86. The first-order valence-corrected chi connectivity index (χ1v) is 8.30. The van der Waals surface area contributed by atoms with E-state index in [0.29, 0.717) is 0 Å². The van der Waals surface area contributed by atoms with Crippen LogP contribution in [0.2, 0.25) is 0 Å². The molecule has 3 rings (SSSR count). The first kappa shape index (κ1) is 12.9. The maximum absolute atomic E-state index is 3.55. The van der Waals surface area contributed by atoms with E-state index in [0.717, 1.165) is 23.9 Å². The van der Waals surface area contributed by atoms with E-state index in [1.165, 1.54) is 70.9 Å². The minimum Gasteiger partial charge on any atom is -0.317 e. The highest BCUT2D eigenvalue weighted by molar-refractivity contribution is 4.91. The number of hydrogen-bond acceptors (Lipinski definition) is 2. The summed E-state index contributed by atoms with van der Waals surface area (Å²) in [5, 5.41) is 3.55. The second-order valence-electron chi connectivity index (χ2n) is 6.84. The molecule has 0 amide bonds. The Hall–Kier alpha value is -0.0800. The van der Waals surface area contributed by atoms with Crippen LogP contribution in [0, 0.1) is 11.8 Å². The van der Waals surface area contributed by atoms with E-state index >= 15 is 0 Å². The van der Waals surface area contributed by atoms with Crippen LogP contribution in [0.5, 0.6) is 0 Å². The fourth-order valence-electron chi connectivity index (χ4n) is 4.89. The summed E-state index contributed by atoms with van der Waals surface area (Å²) >= 11 is 0. The minimum atomic E-state index is 0.800. The molecule has 2 nitrogen and oxygen atoms in total. The third-order valence-corrected chi connectivity index (χ3v) is 5.86. The normalized spacial score (nSPS) is 41.8. The molecule has 2 aliphatic carbocycles. The van der Waals surface area contributed by atoms with Gasteiger partial charge < -0.3 is 5.32 Å². The second kappa shape index (κ2) is 5.92. The van der Waals surface area contributed by atoms with Gasteiger partial charge in [-0.05, 0) is 64.0 Å². The first-order chi connectivity index (χ1) is 8.88. The van der Waals surface area contributed by atoms with Crippen LogP contribution < -0.4 is 5.32 Å². The van der Waals surface area contributed by atoms with Gasteiger partial charge in [-0.25, -0.2) is 0 Å². The summed E-state index contributed by atoms with van der Waals surface area (Å²) in [5.41, 5.74) is 0. The van der Waals surface area contributed by atoms with Gasteiger partial charge in [0.15, 0.2) is 0 Å². The molecule has 18 heavy (non-hydrogen) atoms. The molecule has 0 radical (unpaired) electrons. The summed E-state index contributed by atoms with van der Waals surface area (Å²) in [6.07, 6.45) is 13.3. The molecule has 104 valence electrons. The highest BCUT2D eigenvalue weighted by atomic mass is 15.2. The van der Waals surface area contributed by atoms with Gasteiger partial charge in [-0.2, -0.15) is 0 Å². The zero-order valence-corrected chi connectivity index (χ0v) is 12.0. The maximum atomic E-state index is 3.55. The smallest absolute Gasteiger partial charge is 0.0124 e. The molecule has 2 unspecified atom stereocenters. The van der Waals surface area contributed by atoms with Crippen molar-refractivity contribution in [3.05, 3.63) is 0 Å². The number of fused-ring (bicyclic) bond motifs is 1. The Morgan fingerprint density at radius 3 is 2.67 bits per heavy atom. The average molecular weight is 250 g/mol. The standard InChI is InChI=1S/C16H30N2/c1-17-15-9-4-7-14(15)12-18-11-5-8-13-6-2-3-10-16(13)18/h13-17H,2-12H2,1H3/t13-,14?,15?,16-/m1/s1. The van der Waals surface area contributed by atoms with Crippen LogP contribution in [0.4, 0.5) is 0 Å². The summed E-state index contributed by atoms with van der Waals surface area (Å²) < 4.78 is 0. The van der Waals surface area contributed by atoms with Gasteiger partial charge in [0.2, 0.25) is 0 Å². The zero-order valence-electron chi connectivity index (χ0n) is 12.0. The summed E-state index contributed by atoms with van der Waals surface area (Å²) in [4.78, 5) is 2.88. The van der Waals surface area contributed by atoms with Crippen molar-refractivity contribution in [3.8, 4) is 0 Å². The van der Waals surface area contributed by atoms with E-state index in [1.807, 2.05) is 0 Å². The van der Waals surface area contributed by atoms with E-state index in [-0.39, 0.29) is 0 Å². The lowest BCUT2D eigenvalue weighted by Gasteiger charge is -2.45. The van der Waals surface area contributed by atoms with Crippen molar-refractivity contribution in [2.24, 2.45) is 11.8 Å². The summed E-state index contributed by atoms with van der Waals surface area (Å²) in [5.74, 6) is 1.97. The monoisotopic (exact) mass is 250 g/mol. The summed E-state index contributed by atoms with van der Waals surface area (Å²) in [6.45, 7) is 2.76. The fraction of sp³-hybridized carbons (Fsp3) is 1.00. The largest absolute Gasteiger partial charge is 0.317 e. The Bertz CT molecular complexity index is 264. The van der Waals surface area contributed by atoms with Gasteiger partial charge in [0.05, 0.1) is 0 Å². The minimum absolute atomic E-state index is 0.800.